The van der Waals surface area contributed by atoms with Crippen LogP contribution >= 0.6 is 0 Å². The van der Waals surface area contributed by atoms with E-state index in [1.165, 1.54) is 0 Å². The molecule has 0 aliphatic heterocycles. The van der Waals surface area contributed by atoms with Crippen molar-refractivity contribution in [2.75, 3.05) is 13.7 Å². The maximum atomic E-state index is 5.70. The first kappa shape index (κ1) is 12.6. The summed E-state index contributed by atoms with van der Waals surface area (Å²) < 4.78 is 10.9. The molecule has 0 radical (unpaired) electrons. The van der Waals surface area contributed by atoms with Crippen LogP contribution in [0.5, 0.6) is 11.5 Å². The van der Waals surface area contributed by atoms with Crippen molar-refractivity contribution in [3.8, 4) is 11.5 Å². The summed E-state index contributed by atoms with van der Waals surface area (Å²) in [6, 6.07) is 5.72. The smallest absolute Gasteiger partial charge is 0.165 e. The van der Waals surface area contributed by atoms with Gasteiger partial charge in [0.25, 0.3) is 0 Å². The molecule has 0 aliphatic carbocycles. The zero-order valence-corrected chi connectivity index (χ0v) is 9.95. The van der Waals surface area contributed by atoms with Gasteiger partial charge in [-0.2, -0.15) is 0 Å². The van der Waals surface area contributed by atoms with Crippen molar-refractivity contribution < 1.29 is 9.47 Å². The molecule has 3 heteroatoms. The zero-order chi connectivity index (χ0) is 12.0. The van der Waals surface area contributed by atoms with Crippen LogP contribution in [-0.2, 0) is 6.54 Å². The largest absolute Gasteiger partial charge is 0.493 e. The van der Waals surface area contributed by atoms with Crippen LogP contribution < -0.4 is 15.2 Å². The third kappa shape index (κ3) is 3.28. The van der Waals surface area contributed by atoms with Crippen molar-refractivity contribution in [1.29, 1.82) is 0 Å². The first-order valence-corrected chi connectivity index (χ1v) is 5.32. The summed E-state index contributed by atoms with van der Waals surface area (Å²) in [7, 11) is 1.63. The monoisotopic (exact) mass is 221 g/mol. The van der Waals surface area contributed by atoms with Crippen LogP contribution in [-0.4, -0.2) is 13.7 Å². The summed E-state index contributed by atoms with van der Waals surface area (Å²) in [5, 5.41) is 0. The minimum absolute atomic E-state index is 0.444. The summed E-state index contributed by atoms with van der Waals surface area (Å²) in [4.78, 5) is 0. The molecule has 0 aromatic heterocycles. The molecule has 88 valence electrons. The van der Waals surface area contributed by atoms with Gasteiger partial charge in [0, 0.05) is 18.5 Å². The normalized spacial score (nSPS) is 9.94. The molecule has 1 aromatic rings. The van der Waals surface area contributed by atoms with E-state index in [4.69, 9.17) is 15.2 Å². The standard InChI is InChI=1S/C13H19NO2/c1-10(2)7-8-16-13-11(9-14)5-4-6-12(13)15-3/h4-6H,1,7-9,14H2,2-3H3. The Kier molecular flexibility index (Phi) is 4.86. The molecule has 16 heavy (non-hydrogen) atoms. The fourth-order valence-corrected chi connectivity index (χ4v) is 1.37. The van der Waals surface area contributed by atoms with Crippen LogP contribution in [0.4, 0.5) is 0 Å². The van der Waals surface area contributed by atoms with Gasteiger partial charge in [0.2, 0.25) is 0 Å². The highest BCUT2D eigenvalue weighted by molar-refractivity contribution is 5.46. The number of hydrogen-bond acceptors (Lipinski definition) is 3. The first-order chi connectivity index (χ1) is 7.69. The predicted molar refractivity (Wildman–Crippen MR) is 65.8 cm³/mol. The van der Waals surface area contributed by atoms with Crippen LogP contribution in [0.15, 0.2) is 30.4 Å². The van der Waals surface area contributed by atoms with Crippen molar-refractivity contribution in [2.24, 2.45) is 5.73 Å². The number of benzene rings is 1. The Morgan fingerprint density at radius 2 is 2.19 bits per heavy atom. The minimum Gasteiger partial charge on any atom is -0.493 e. The number of methoxy groups -OCH3 is 1. The summed E-state index contributed by atoms with van der Waals surface area (Å²) in [5.74, 6) is 1.47. The molecule has 0 saturated heterocycles. The van der Waals surface area contributed by atoms with Crippen molar-refractivity contribution >= 4 is 0 Å². The fourth-order valence-electron chi connectivity index (χ4n) is 1.37. The van der Waals surface area contributed by atoms with Crippen LogP contribution in [0.1, 0.15) is 18.9 Å². The van der Waals surface area contributed by atoms with Gasteiger partial charge < -0.3 is 15.2 Å². The van der Waals surface area contributed by atoms with E-state index in [2.05, 4.69) is 6.58 Å². The minimum atomic E-state index is 0.444. The molecule has 0 bridgehead atoms. The lowest BCUT2D eigenvalue weighted by atomic mass is 10.2. The van der Waals surface area contributed by atoms with Crippen molar-refractivity contribution in [3.63, 3.8) is 0 Å². The number of nitrogens with two attached hydrogens (primary N) is 1. The molecule has 0 heterocycles. The molecule has 0 atom stereocenters. The third-order valence-electron chi connectivity index (χ3n) is 2.28. The van der Waals surface area contributed by atoms with Gasteiger partial charge >= 0.3 is 0 Å². The summed E-state index contributed by atoms with van der Waals surface area (Å²) in [6.45, 7) is 6.86. The fraction of sp³-hybridized carbons (Fsp3) is 0.385. The van der Waals surface area contributed by atoms with E-state index in [9.17, 15) is 0 Å². The maximum absolute atomic E-state index is 5.70. The molecule has 0 spiro atoms. The Bertz CT molecular complexity index is 339. The van der Waals surface area contributed by atoms with Crippen molar-refractivity contribution in [1.82, 2.24) is 0 Å². The van der Waals surface area contributed by atoms with Gasteiger partial charge in [-0.3, -0.25) is 0 Å². The molecule has 0 aliphatic rings. The molecule has 1 rings (SSSR count). The van der Waals surface area contributed by atoms with Crippen molar-refractivity contribution in [3.05, 3.63) is 35.9 Å². The second-order valence-electron chi connectivity index (χ2n) is 3.71. The van der Waals surface area contributed by atoms with E-state index >= 15 is 0 Å². The Labute approximate surface area is 96.9 Å². The Morgan fingerprint density at radius 1 is 1.44 bits per heavy atom. The highest BCUT2D eigenvalue weighted by atomic mass is 16.5. The number of rotatable bonds is 6. The molecular formula is C13H19NO2. The topological polar surface area (TPSA) is 44.5 Å². The molecule has 0 amide bonds. The Balaban J connectivity index is 2.78. The number of para-hydroxylation sites is 1. The predicted octanol–water partition coefficient (Wildman–Crippen LogP) is 2.50. The van der Waals surface area contributed by atoms with Crippen LogP contribution in [0, 0.1) is 0 Å². The van der Waals surface area contributed by atoms with E-state index in [1.54, 1.807) is 7.11 Å². The highest BCUT2D eigenvalue weighted by Gasteiger charge is 2.08. The molecule has 0 fully saturated rings. The van der Waals surface area contributed by atoms with Crippen LogP contribution in [0.2, 0.25) is 0 Å². The van der Waals surface area contributed by atoms with E-state index < -0.39 is 0 Å². The van der Waals surface area contributed by atoms with E-state index in [1.807, 2.05) is 25.1 Å². The Hall–Kier alpha value is -1.48. The second-order valence-corrected chi connectivity index (χ2v) is 3.71. The lowest BCUT2D eigenvalue weighted by Gasteiger charge is -2.14. The average molecular weight is 221 g/mol. The molecule has 1 aromatic carbocycles. The highest BCUT2D eigenvalue weighted by Crippen LogP contribution is 2.30. The second kappa shape index (κ2) is 6.18. The molecule has 0 unspecified atom stereocenters. The van der Waals surface area contributed by atoms with Gasteiger partial charge in [-0.25, -0.2) is 0 Å². The third-order valence-corrected chi connectivity index (χ3v) is 2.28. The first-order valence-electron chi connectivity index (χ1n) is 5.32. The molecule has 0 saturated carbocycles. The lowest BCUT2D eigenvalue weighted by molar-refractivity contribution is 0.294. The van der Waals surface area contributed by atoms with Gasteiger partial charge in [0.1, 0.15) is 0 Å². The van der Waals surface area contributed by atoms with Gasteiger partial charge in [-0.1, -0.05) is 17.7 Å². The molecule has 3 nitrogen and oxygen atoms in total. The SMILES string of the molecule is C=C(C)CCOc1c(CN)cccc1OC. The van der Waals surface area contributed by atoms with Gasteiger partial charge in [-0.15, -0.1) is 6.58 Å². The summed E-state index contributed by atoms with van der Waals surface area (Å²) in [5.41, 5.74) is 7.71. The van der Waals surface area contributed by atoms with E-state index in [-0.39, 0.29) is 0 Å². The van der Waals surface area contributed by atoms with Gasteiger partial charge in [0.15, 0.2) is 11.5 Å². The number of hydrogen-bond donors (Lipinski definition) is 1. The lowest BCUT2D eigenvalue weighted by Crippen LogP contribution is -2.05. The van der Waals surface area contributed by atoms with Gasteiger partial charge in [-0.05, 0) is 13.0 Å². The van der Waals surface area contributed by atoms with Crippen LogP contribution in [0.25, 0.3) is 0 Å². The Morgan fingerprint density at radius 3 is 2.75 bits per heavy atom. The van der Waals surface area contributed by atoms with Crippen molar-refractivity contribution in [2.45, 2.75) is 19.9 Å². The van der Waals surface area contributed by atoms with E-state index in [0.717, 1.165) is 29.1 Å². The molecular weight excluding hydrogens is 202 g/mol. The number of ether oxygens (including phenoxy) is 2. The zero-order valence-electron chi connectivity index (χ0n) is 9.95. The molecule has 2 N–H and O–H groups in total. The van der Waals surface area contributed by atoms with Gasteiger partial charge in [0.05, 0.1) is 13.7 Å². The van der Waals surface area contributed by atoms with E-state index in [0.29, 0.717) is 13.2 Å². The maximum Gasteiger partial charge on any atom is 0.165 e. The average Bonchev–Trinajstić information content (AvgIpc) is 2.28. The van der Waals surface area contributed by atoms with Crippen LogP contribution in [0.3, 0.4) is 0 Å². The summed E-state index contributed by atoms with van der Waals surface area (Å²) >= 11 is 0. The quantitative estimate of drug-likeness (QED) is 0.751. The summed E-state index contributed by atoms with van der Waals surface area (Å²) in [6.07, 6.45) is 0.835.